The molecule has 0 heterocycles. The minimum Gasteiger partial charge on any atom is -0.497 e. The number of nitrogens with two attached hydrogens (primary N) is 1. The highest BCUT2D eigenvalue weighted by Gasteiger charge is 2.11. The van der Waals surface area contributed by atoms with E-state index in [1.54, 1.807) is 13.2 Å². The molecule has 0 aliphatic carbocycles. The molecular formula is C16H17Cl2NO2. The summed E-state index contributed by atoms with van der Waals surface area (Å²) in [6.07, 6.45) is 0.660. The first-order valence-corrected chi connectivity index (χ1v) is 7.33. The lowest BCUT2D eigenvalue weighted by Crippen LogP contribution is -2.06. The molecule has 0 saturated carbocycles. The largest absolute Gasteiger partial charge is 0.497 e. The highest BCUT2D eigenvalue weighted by atomic mass is 35.5. The van der Waals surface area contributed by atoms with Crippen molar-refractivity contribution in [2.75, 3.05) is 13.7 Å². The van der Waals surface area contributed by atoms with Crippen molar-refractivity contribution in [2.24, 2.45) is 5.73 Å². The molecule has 3 nitrogen and oxygen atoms in total. The zero-order valence-electron chi connectivity index (χ0n) is 11.7. The van der Waals surface area contributed by atoms with Crippen molar-refractivity contribution in [2.45, 2.75) is 13.0 Å². The van der Waals surface area contributed by atoms with Crippen molar-refractivity contribution in [1.29, 1.82) is 0 Å². The molecule has 0 spiro atoms. The third kappa shape index (κ3) is 4.27. The van der Waals surface area contributed by atoms with E-state index < -0.39 is 0 Å². The minimum absolute atomic E-state index is 0.399. The van der Waals surface area contributed by atoms with E-state index in [9.17, 15) is 0 Å². The Morgan fingerprint density at radius 3 is 2.67 bits per heavy atom. The molecule has 2 N–H and O–H groups in total. The van der Waals surface area contributed by atoms with Gasteiger partial charge in [-0.3, -0.25) is 0 Å². The van der Waals surface area contributed by atoms with Gasteiger partial charge in [0, 0.05) is 5.02 Å². The third-order valence-corrected chi connectivity index (χ3v) is 3.52. The Balaban J connectivity index is 2.18. The molecular weight excluding hydrogens is 309 g/mol. The molecule has 2 rings (SSSR count). The molecule has 0 fully saturated rings. The quantitative estimate of drug-likeness (QED) is 0.870. The van der Waals surface area contributed by atoms with Crippen LogP contribution in [-0.4, -0.2) is 13.7 Å². The van der Waals surface area contributed by atoms with Crippen LogP contribution in [0.25, 0.3) is 0 Å². The predicted molar refractivity (Wildman–Crippen MR) is 86.5 cm³/mol. The summed E-state index contributed by atoms with van der Waals surface area (Å²) in [5, 5.41) is 1.08. The zero-order chi connectivity index (χ0) is 15.2. The molecule has 112 valence electrons. The summed E-state index contributed by atoms with van der Waals surface area (Å²) in [5.74, 6) is 1.43. The topological polar surface area (TPSA) is 44.5 Å². The molecule has 0 bridgehead atoms. The lowest BCUT2D eigenvalue weighted by atomic mass is 10.1. The molecule has 0 unspecified atom stereocenters. The number of hydrogen-bond donors (Lipinski definition) is 1. The summed E-state index contributed by atoms with van der Waals surface area (Å²) in [6.45, 7) is 0.905. The number of rotatable bonds is 6. The maximum absolute atomic E-state index is 6.22. The van der Waals surface area contributed by atoms with Gasteiger partial charge in [0.2, 0.25) is 0 Å². The predicted octanol–water partition coefficient (Wildman–Crippen LogP) is 4.08. The maximum atomic E-state index is 6.22. The van der Waals surface area contributed by atoms with E-state index >= 15 is 0 Å². The van der Waals surface area contributed by atoms with Gasteiger partial charge in [-0.05, 0) is 48.4 Å². The summed E-state index contributed by atoms with van der Waals surface area (Å²) >= 11 is 12.2. The first-order valence-electron chi connectivity index (χ1n) is 6.57. The van der Waals surface area contributed by atoms with Crippen LogP contribution >= 0.6 is 23.2 Å². The van der Waals surface area contributed by atoms with Crippen molar-refractivity contribution >= 4 is 23.2 Å². The van der Waals surface area contributed by atoms with Crippen LogP contribution in [0.2, 0.25) is 10.0 Å². The standard InChI is InChI=1S/C16H17Cl2NO2/c1-20-14-4-2-3-11(7-14)10-21-16-12(5-6-19)8-13(17)9-15(16)18/h2-4,7-9H,5-6,10,19H2,1H3. The average molecular weight is 326 g/mol. The van der Waals surface area contributed by atoms with Crippen molar-refractivity contribution in [3.63, 3.8) is 0 Å². The van der Waals surface area contributed by atoms with Gasteiger partial charge in [-0.1, -0.05) is 35.3 Å². The highest BCUT2D eigenvalue weighted by molar-refractivity contribution is 6.35. The van der Waals surface area contributed by atoms with Gasteiger partial charge in [0.15, 0.2) is 0 Å². The van der Waals surface area contributed by atoms with Gasteiger partial charge < -0.3 is 15.2 Å². The molecule has 2 aromatic carbocycles. The molecule has 2 aromatic rings. The number of halogens is 2. The van der Waals surface area contributed by atoms with E-state index in [1.807, 2.05) is 30.3 Å². The number of hydrogen-bond acceptors (Lipinski definition) is 3. The first kappa shape index (κ1) is 16.0. The second kappa shape index (κ2) is 7.55. The molecule has 0 saturated heterocycles. The summed E-state index contributed by atoms with van der Waals surface area (Å²) in [7, 11) is 1.63. The smallest absolute Gasteiger partial charge is 0.141 e. The van der Waals surface area contributed by atoms with Crippen LogP contribution in [0.15, 0.2) is 36.4 Å². The Morgan fingerprint density at radius 1 is 1.14 bits per heavy atom. The molecule has 0 aromatic heterocycles. The van der Waals surface area contributed by atoms with Gasteiger partial charge in [0.05, 0.1) is 12.1 Å². The van der Waals surface area contributed by atoms with E-state index in [2.05, 4.69) is 0 Å². The Bertz CT molecular complexity index is 617. The minimum atomic E-state index is 0.399. The van der Waals surface area contributed by atoms with Crippen molar-refractivity contribution in [1.82, 2.24) is 0 Å². The van der Waals surface area contributed by atoms with E-state index in [0.29, 0.717) is 35.4 Å². The fourth-order valence-electron chi connectivity index (χ4n) is 2.03. The molecule has 0 aliphatic heterocycles. The Hall–Kier alpha value is -1.42. The van der Waals surface area contributed by atoms with Gasteiger partial charge in [-0.2, -0.15) is 0 Å². The van der Waals surface area contributed by atoms with Gasteiger partial charge in [0.25, 0.3) is 0 Å². The molecule has 5 heteroatoms. The van der Waals surface area contributed by atoms with Gasteiger partial charge >= 0.3 is 0 Å². The number of methoxy groups -OCH3 is 1. The molecule has 0 aliphatic rings. The van der Waals surface area contributed by atoms with Gasteiger partial charge in [0.1, 0.15) is 18.1 Å². The Labute approximate surface area is 134 Å². The molecule has 0 atom stereocenters. The summed E-state index contributed by atoms with van der Waals surface area (Å²) in [5.41, 5.74) is 7.53. The third-order valence-electron chi connectivity index (χ3n) is 3.02. The average Bonchev–Trinajstić information content (AvgIpc) is 2.47. The van der Waals surface area contributed by atoms with Crippen LogP contribution in [0.1, 0.15) is 11.1 Å². The maximum Gasteiger partial charge on any atom is 0.141 e. The summed E-state index contributed by atoms with van der Waals surface area (Å²) in [4.78, 5) is 0. The molecule has 0 radical (unpaired) electrons. The van der Waals surface area contributed by atoms with Gasteiger partial charge in [-0.15, -0.1) is 0 Å². The summed E-state index contributed by atoms with van der Waals surface area (Å²) < 4.78 is 11.1. The Morgan fingerprint density at radius 2 is 1.95 bits per heavy atom. The molecule has 0 amide bonds. The van der Waals surface area contributed by atoms with Crippen LogP contribution in [0.4, 0.5) is 0 Å². The second-order valence-electron chi connectivity index (χ2n) is 4.55. The van der Waals surface area contributed by atoms with Crippen molar-refractivity contribution in [3.8, 4) is 11.5 Å². The number of benzene rings is 2. The fourth-order valence-corrected chi connectivity index (χ4v) is 2.62. The Kier molecular flexibility index (Phi) is 5.74. The first-order chi connectivity index (χ1) is 10.1. The normalized spacial score (nSPS) is 10.5. The van der Waals surface area contributed by atoms with E-state index in [0.717, 1.165) is 16.9 Å². The lowest BCUT2D eigenvalue weighted by molar-refractivity contribution is 0.302. The van der Waals surface area contributed by atoms with E-state index in [4.69, 9.17) is 38.4 Å². The monoisotopic (exact) mass is 325 g/mol. The second-order valence-corrected chi connectivity index (χ2v) is 5.40. The van der Waals surface area contributed by atoms with Crippen LogP contribution in [0.5, 0.6) is 11.5 Å². The SMILES string of the molecule is COc1cccc(COc2c(Cl)cc(Cl)cc2CCN)c1. The van der Waals surface area contributed by atoms with E-state index in [-0.39, 0.29) is 0 Å². The van der Waals surface area contributed by atoms with Gasteiger partial charge in [-0.25, -0.2) is 0 Å². The summed E-state index contributed by atoms with van der Waals surface area (Å²) in [6, 6.07) is 11.2. The van der Waals surface area contributed by atoms with Crippen LogP contribution in [0.3, 0.4) is 0 Å². The highest BCUT2D eigenvalue weighted by Crippen LogP contribution is 2.33. The fraction of sp³-hybridized carbons (Fsp3) is 0.250. The van der Waals surface area contributed by atoms with Crippen LogP contribution in [-0.2, 0) is 13.0 Å². The number of ether oxygens (including phenoxy) is 2. The van der Waals surface area contributed by atoms with Crippen molar-refractivity contribution < 1.29 is 9.47 Å². The van der Waals surface area contributed by atoms with Crippen LogP contribution < -0.4 is 15.2 Å². The van der Waals surface area contributed by atoms with Crippen molar-refractivity contribution in [3.05, 3.63) is 57.6 Å². The lowest BCUT2D eigenvalue weighted by Gasteiger charge is -2.14. The van der Waals surface area contributed by atoms with E-state index in [1.165, 1.54) is 0 Å². The molecule has 21 heavy (non-hydrogen) atoms. The zero-order valence-corrected chi connectivity index (χ0v) is 13.2. The van der Waals surface area contributed by atoms with Crippen LogP contribution in [0, 0.1) is 0 Å².